The molecule has 0 saturated heterocycles. The number of aliphatic hydroxyl groups excluding tert-OH is 1. The summed E-state index contributed by atoms with van der Waals surface area (Å²) >= 11 is 0. The molecule has 0 fully saturated rings. The number of hydrogen-bond donors (Lipinski definition) is 2. The highest BCUT2D eigenvalue weighted by Crippen LogP contribution is 2.36. The molecule has 1 amide bonds. The number of pyridine rings is 1. The fourth-order valence-electron chi connectivity index (χ4n) is 3.99. The van der Waals surface area contributed by atoms with Crippen LogP contribution in [0.4, 0.5) is 8.78 Å². The van der Waals surface area contributed by atoms with Gasteiger partial charge in [0.15, 0.2) is 5.69 Å². The molecule has 8 nitrogen and oxygen atoms in total. The Morgan fingerprint density at radius 2 is 2.06 bits per heavy atom. The van der Waals surface area contributed by atoms with E-state index in [1.54, 1.807) is 6.07 Å². The van der Waals surface area contributed by atoms with Gasteiger partial charge in [-0.05, 0) is 19.1 Å². The molecule has 32 heavy (non-hydrogen) atoms. The number of aromatic nitrogens is 4. The van der Waals surface area contributed by atoms with Crippen LogP contribution in [0, 0.1) is 0 Å². The molecule has 4 aromatic rings. The van der Waals surface area contributed by atoms with Gasteiger partial charge in [0.25, 0.3) is 12.3 Å². The van der Waals surface area contributed by atoms with Gasteiger partial charge in [-0.2, -0.15) is 0 Å². The average Bonchev–Trinajstić information content (AvgIpc) is 3.45. The summed E-state index contributed by atoms with van der Waals surface area (Å²) < 4.78 is 32.5. The van der Waals surface area contributed by atoms with Gasteiger partial charge in [-0.1, -0.05) is 24.3 Å². The number of benzene rings is 1. The third-order valence-corrected chi connectivity index (χ3v) is 5.51. The molecular weight excluding hydrogens is 420 g/mol. The highest BCUT2D eigenvalue weighted by atomic mass is 19.3. The Kier molecular flexibility index (Phi) is 4.93. The molecule has 1 aliphatic heterocycles. The van der Waals surface area contributed by atoms with Crippen molar-refractivity contribution in [3.8, 4) is 0 Å². The number of imidazole rings is 1. The molecule has 0 unspecified atom stereocenters. The van der Waals surface area contributed by atoms with E-state index in [4.69, 9.17) is 9.40 Å². The van der Waals surface area contributed by atoms with Gasteiger partial charge in [0.2, 0.25) is 11.7 Å². The number of oxazole rings is 1. The van der Waals surface area contributed by atoms with Gasteiger partial charge in [0, 0.05) is 24.0 Å². The molecular formula is C22H19F2N5O3. The van der Waals surface area contributed by atoms with Crippen molar-refractivity contribution < 1.29 is 23.1 Å². The zero-order chi connectivity index (χ0) is 22.4. The maximum absolute atomic E-state index is 13.6. The number of hydrogen-bond acceptors (Lipinski definition) is 6. The van der Waals surface area contributed by atoms with Gasteiger partial charge in [0.1, 0.15) is 12.1 Å². The highest BCUT2D eigenvalue weighted by molar-refractivity contribution is 5.93. The maximum atomic E-state index is 13.6. The molecule has 0 saturated carbocycles. The van der Waals surface area contributed by atoms with Crippen LogP contribution in [0.5, 0.6) is 0 Å². The summed E-state index contributed by atoms with van der Waals surface area (Å²) in [6.07, 6.45) is -2.26. The van der Waals surface area contributed by atoms with Crippen molar-refractivity contribution in [1.82, 2.24) is 24.8 Å². The van der Waals surface area contributed by atoms with Crippen molar-refractivity contribution in [2.75, 3.05) is 6.54 Å². The number of alkyl halides is 2. The van der Waals surface area contributed by atoms with Gasteiger partial charge in [-0.25, -0.2) is 18.7 Å². The van der Waals surface area contributed by atoms with Crippen molar-refractivity contribution in [2.24, 2.45) is 0 Å². The van der Waals surface area contributed by atoms with E-state index in [-0.39, 0.29) is 12.4 Å². The van der Waals surface area contributed by atoms with Crippen LogP contribution in [0.15, 0.2) is 47.1 Å². The van der Waals surface area contributed by atoms with Crippen molar-refractivity contribution in [1.29, 1.82) is 0 Å². The lowest BCUT2D eigenvalue weighted by Crippen LogP contribution is -2.41. The third-order valence-electron chi connectivity index (χ3n) is 5.51. The van der Waals surface area contributed by atoms with Gasteiger partial charge >= 0.3 is 0 Å². The molecule has 5 rings (SSSR count). The number of rotatable bonds is 4. The molecule has 4 heterocycles. The molecule has 0 bridgehead atoms. The Morgan fingerprint density at radius 1 is 1.25 bits per heavy atom. The normalized spacial score (nSPS) is 17.0. The van der Waals surface area contributed by atoms with Crippen LogP contribution >= 0.6 is 0 Å². The van der Waals surface area contributed by atoms with Crippen LogP contribution < -0.4 is 0 Å². The first-order chi connectivity index (χ1) is 15.4. The second kappa shape index (κ2) is 7.79. The Balaban J connectivity index is 1.62. The lowest BCUT2D eigenvalue weighted by atomic mass is 9.98. The summed E-state index contributed by atoms with van der Waals surface area (Å²) in [5, 5.41) is 10.7. The number of aliphatic hydroxyl groups is 1. The lowest BCUT2D eigenvalue weighted by Gasteiger charge is -2.34. The van der Waals surface area contributed by atoms with Crippen molar-refractivity contribution in [3.05, 3.63) is 77.2 Å². The zero-order valence-corrected chi connectivity index (χ0v) is 17.0. The van der Waals surface area contributed by atoms with Crippen LogP contribution in [0.2, 0.25) is 0 Å². The molecule has 10 heteroatoms. The minimum Gasteiger partial charge on any atom is -0.432 e. The topological polar surface area (TPSA) is 108 Å². The van der Waals surface area contributed by atoms with E-state index in [9.17, 15) is 18.7 Å². The number of carbonyl (C=O) groups excluding carboxylic acids is 1. The predicted octanol–water partition coefficient (Wildman–Crippen LogP) is 3.72. The average molecular weight is 439 g/mol. The first-order valence-corrected chi connectivity index (χ1v) is 10.1. The molecule has 2 N–H and O–H groups in total. The molecule has 2 atom stereocenters. The van der Waals surface area contributed by atoms with Crippen molar-refractivity contribution in [3.63, 3.8) is 0 Å². The molecule has 0 aliphatic carbocycles. The van der Waals surface area contributed by atoms with E-state index in [1.807, 2.05) is 30.3 Å². The molecule has 1 aromatic carbocycles. The van der Waals surface area contributed by atoms with Crippen molar-refractivity contribution >= 4 is 16.8 Å². The van der Waals surface area contributed by atoms with Gasteiger partial charge in [-0.3, -0.25) is 9.78 Å². The Hall–Kier alpha value is -3.66. The lowest BCUT2D eigenvalue weighted by molar-refractivity contribution is 0.0632. The molecule has 1 aliphatic rings. The fraction of sp³-hybridized carbons (Fsp3) is 0.273. The minimum absolute atomic E-state index is 0.237. The molecule has 3 aromatic heterocycles. The summed E-state index contributed by atoms with van der Waals surface area (Å²) in [6, 6.07) is 10.5. The number of H-pyrrole nitrogens is 1. The smallest absolute Gasteiger partial charge is 0.292 e. The number of halogens is 2. The summed E-state index contributed by atoms with van der Waals surface area (Å²) in [6.45, 7) is 1.56. The van der Waals surface area contributed by atoms with Crippen LogP contribution in [0.3, 0.4) is 0 Å². The van der Waals surface area contributed by atoms with E-state index in [2.05, 4.69) is 15.0 Å². The van der Waals surface area contributed by atoms with E-state index in [0.29, 0.717) is 17.8 Å². The highest BCUT2D eigenvalue weighted by Gasteiger charge is 2.39. The number of carbonyl (C=O) groups is 1. The quantitative estimate of drug-likeness (QED) is 0.502. The number of nitrogens with zero attached hydrogens (tertiary/aromatic N) is 4. The number of nitrogens with one attached hydrogen (secondary N) is 1. The molecule has 0 radical (unpaired) electrons. The third kappa shape index (κ3) is 3.32. The van der Waals surface area contributed by atoms with Crippen LogP contribution in [-0.4, -0.2) is 42.4 Å². The Labute approximate surface area is 180 Å². The first kappa shape index (κ1) is 20.3. The number of amides is 1. The van der Waals surface area contributed by atoms with Gasteiger partial charge in [-0.15, -0.1) is 0 Å². The molecule has 0 spiro atoms. The second-order valence-corrected chi connectivity index (χ2v) is 7.59. The van der Waals surface area contributed by atoms with E-state index in [1.165, 1.54) is 18.2 Å². The SMILES string of the molecule is C[C@@H](O)c1nc(C(F)F)c(C(=O)N2CCc3[nH]cnc3[C@H]2c2ccc3ccccc3n2)o1. The predicted molar refractivity (Wildman–Crippen MR) is 109 cm³/mol. The van der Waals surface area contributed by atoms with Crippen LogP contribution in [0.25, 0.3) is 10.9 Å². The fourth-order valence-corrected chi connectivity index (χ4v) is 3.99. The van der Waals surface area contributed by atoms with E-state index < -0.39 is 35.9 Å². The number of aromatic amines is 1. The summed E-state index contributed by atoms with van der Waals surface area (Å²) in [5.74, 6) is -1.67. The standard InChI is InChI=1S/C22H19F2N5O3/c1-11(30)21-28-17(20(23)24)19(32-21)22(31)29-9-8-14-16(26-10-25-14)18(29)15-7-6-12-4-2-3-5-13(12)27-15/h2-7,10-11,18,20,30H,8-9H2,1H3,(H,25,26)/t11-,18-/m1/s1. The van der Waals surface area contributed by atoms with Crippen LogP contribution in [-0.2, 0) is 6.42 Å². The van der Waals surface area contributed by atoms with Gasteiger partial charge < -0.3 is 19.4 Å². The van der Waals surface area contributed by atoms with Crippen LogP contribution in [0.1, 0.15) is 64.7 Å². The van der Waals surface area contributed by atoms with E-state index in [0.717, 1.165) is 16.6 Å². The largest absolute Gasteiger partial charge is 0.432 e. The first-order valence-electron chi connectivity index (χ1n) is 10.1. The summed E-state index contributed by atoms with van der Waals surface area (Å²) in [7, 11) is 0. The Morgan fingerprint density at radius 3 is 2.84 bits per heavy atom. The Bertz CT molecular complexity index is 1300. The zero-order valence-electron chi connectivity index (χ0n) is 17.0. The summed E-state index contributed by atoms with van der Waals surface area (Å²) in [4.78, 5) is 30.7. The minimum atomic E-state index is -3.03. The summed E-state index contributed by atoms with van der Waals surface area (Å²) in [5.41, 5.74) is 1.96. The number of para-hydroxylation sites is 1. The maximum Gasteiger partial charge on any atom is 0.292 e. The number of fused-ring (bicyclic) bond motifs is 2. The van der Waals surface area contributed by atoms with Crippen molar-refractivity contribution in [2.45, 2.75) is 31.9 Å². The molecule has 164 valence electrons. The van der Waals surface area contributed by atoms with E-state index >= 15 is 0 Å². The monoisotopic (exact) mass is 439 g/mol. The second-order valence-electron chi connectivity index (χ2n) is 7.59. The van der Waals surface area contributed by atoms with Gasteiger partial charge in [0.05, 0.1) is 23.2 Å².